The van der Waals surface area contributed by atoms with Crippen molar-refractivity contribution in [3.8, 4) is 5.75 Å². The summed E-state index contributed by atoms with van der Waals surface area (Å²) in [7, 11) is -4.17. The molecule has 2 N–H and O–H groups in total. The Balaban J connectivity index is 1.81. The average Bonchev–Trinajstić information content (AvgIpc) is 2.68. The van der Waals surface area contributed by atoms with Crippen molar-refractivity contribution < 1.29 is 22.7 Å². The van der Waals surface area contributed by atoms with E-state index < -0.39 is 26.8 Å². The molecule has 3 aromatic rings. The van der Waals surface area contributed by atoms with Gasteiger partial charge in [-0.3, -0.25) is 4.72 Å². The average molecular weight is 501 g/mol. The van der Waals surface area contributed by atoms with Crippen molar-refractivity contribution in [1.82, 2.24) is 0 Å². The van der Waals surface area contributed by atoms with Crippen molar-refractivity contribution in [2.45, 2.75) is 11.0 Å². The Bertz CT molecular complexity index is 1110. The highest BCUT2D eigenvalue weighted by atomic mass is 79.9. The molecule has 0 heterocycles. The van der Waals surface area contributed by atoms with Crippen molar-refractivity contribution in [1.29, 1.82) is 0 Å². The van der Waals surface area contributed by atoms with Gasteiger partial charge in [0.1, 0.15) is 29.2 Å². The molecule has 1 atom stereocenters. The minimum absolute atomic E-state index is 0.111. The molecule has 0 aromatic heterocycles. The fourth-order valence-corrected chi connectivity index (χ4v) is 4.13. The smallest absolute Gasteiger partial charge is 0.264 e. The van der Waals surface area contributed by atoms with E-state index in [2.05, 4.69) is 20.7 Å². The molecule has 5 nitrogen and oxygen atoms in total. The van der Waals surface area contributed by atoms with E-state index in [9.17, 15) is 17.9 Å². The van der Waals surface area contributed by atoms with E-state index in [0.717, 1.165) is 6.07 Å². The van der Waals surface area contributed by atoms with Crippen LogP contribution in [0.25, 0.3) is 0 Å². The van der Waals surface area contributed by atoms with Gasteiger partial charge in [-0.25, -0.2) is 12.8 Å². The van der Waals surface area contributed by atoms with Crippen LogP contribution < -0.4 is 9.46 Å². The second-order valence-electron chi connectivity index (χ2n) is 6.05. The summed E-state index contributed by atoms with van der Waals surface area (Å²) in [5.74, 6) is -0.690. The molecule has 0 fully saturated rings. The summed E-state index contributed by atoms with van der Waals surface area (Å²) in [5.41, 5.74) is 0.706. The van der Waals surface area contributed by atoms with Crippen molar-refractivity contribution >= 4 is 43.2 Å². The number of rotatable bonds is 7. The Hall–Kier alpha value is -2.13. The Morgan fingerprint density at radius 2 is 1.79 bits per heavy atom. The molecule has 29 heavy (non-hydrogen) atoms. The Morgan fingerprint density at radius 3 is 2.48 bits per heavy atom. The third-order valence-corrected chi connectivity index (χ3v) is 6.11. The van der Waals surface area contributed by atoms with E-state index in [1.165, 1.54) is 24.3 Å². The van der Waals surface area contributed by atoms with Crippen LogP contribution in [0.1, 0.15) is 11.7 Å². The fraction of sp³-hybridized carbons (Fsp3) is 0.100. The lowest BCUT2D eigenvalue weighted by Gasteiger charge is -2.17. The van der Waals surface area contributed by atoms with E-state index in [1.807, 2.05) is 0 Å². The normalized spacial score (nSPS) is 12.4. The van der Waals surface area contributed by atoms with Crippen molar-refractivity contribution in [3.63, 3.8) is 0 Å². The van der Waals surface area contributed by atoms with Crippen LogP contribution in [0, 0.1) is 5.82 Å². The van der Waals surface area contributed by atoms with Gasteiger partial charge < -0.3 is 9.84 Å². The lowest BCUT2D eigenvalue weighted by Crippen LogP contribution is -2.16. The molecule has 3 aromatic carbocycles. The summed E-state index contributed by atoms with van der Waals surface area (Å²) in [5, 5.41) is 10.9. The van der Waals surface area contributed by atoms with Crippen molar-refractivity contribution in [2.24, 2.45) is 0 Å². The van der Waals surface area contributed by atoms with Crippen LogP contribution in [0.2, 0.25) is 5.02 Å². The lowest BCUT2D eigenvalue weighted by atomic mass is 10.1. The molecule has 0 aliphatic carbocycles. The fourth-order valence-electron chi connectivity index (χ4n) is 2.51. The van der Waals surface area contributed by atoms with E-state index >= 15 is 0 Å². The van der Waals surface area contributed by atoms with Gasteiger partial charge in [-0.15, -0.1) is 0 Å². The Labute approximate surface area is 181 Å². The third kappa shape index (κ3) is 5.48. The molecule has 0 saturated heterocycles. The molecule has 152 valence electrons. The van der Waals surface area contributed by atoms with Gasteiger partial charge in [0.15, 0.2) is 0 Å². The van der Waals surface area contributed by atoms with Crippen LogP contribution in [0.3, 0.4) is 0 Å². The molecular weight excluding hydrogens is 485 g/mol. The summed E-state index contributed by atoms with van der Waals surface area (Å²) in [4.78, 5) is -0.477. The first-order valence-corrected chi connectivity index (χ1v) is 11.0. The van der Waals surface area contributed by atoms with E-state index in [-0.39, 0.29) is 18.0 Å². The Morgan fingerprint density at radius 1 is 1.10 bits per heavy atom. The molecule has 0 amide bonds. The minimum Gasteiger partial charge on any atom is -0.488 e. The number of benzene rings is 3. The van der Waals surface area contributed by atoms with E-state index in [4.69, 9.17) is 16.3 Å². The van der Waals surface area contributed by atoms with Crippen LogP contribution in [0.15, 0.2) is 76.1 Å². The maximum atomic E-state index is 13.9. The molecule has 0 radical (unpaired) electrons. The van der Waals surface area contributed by atoms with E-state index in [1.54, 1.807) is 36.4 Å². The van der Waals surface area contributed by atoms with Gasteiger partial charge in [0.05, 0.1) is 5.69 Å². The van der Waals surface area contributed by atoms with Gasteiger partial charge in [0.2, 0.25) is 0 Å². The van der Waals surface area contributed by atoms with Crippen LogP contribution in [0.4, 0.5) is 10.1 Å². The first kappa shape index (κ1) is 21.6. The molecule has 1 unspecified atom stereocenters. The van der Waals surface area contributed by atoms with Gasteiger partial charge in [0.25, 0.3) is 10.0 Å². The number of ether oxygens (including phenoxy) is 1. The molecule has 0 saturated carbocycles. The molecular formula is C20H16BrClFNO4S. The van der Waals surface area contributed by atoms with Crippen LogP contribution in [0.5, 0.6) is 5.75 Å². The summed E-state index contributed by atoms with van der Waals surface area (Å²) in [6.45, 7) is -0.132. The highest BCUT2D eigenvalue weighted by Crippen LogP contribution is 2.31. The van der Waals surface area contributed by atoms with Gasteiger partial charge in [0, 0.05) is 9.50 Å². The van der Waals surface area contributed by atoms with Gasteiger partial charge >= 0.3 is 0 Å². The molecule has 3 rings (SSSR count). The van der Waals surface area contributed by atoms with Crippen LogP contribution in [-0.2, 0) is 10.0 Å². The number of hydrogen-bond acceptors (Lipinski definition) is 4. The predicted octanol–water partition coefficient (Wildman–Crippen LogP) is 5.15. The monoisotopic (exact) mass is 499 g/mol. The zero-order valence-corrected chi connectivity index (χ0v) is 18.0. The van der Waals surface area contributed by atoms with Crippen LogP contribution in [-0.4, -0.2) is 20.1 Å². The molecule has 0 aliphatic heterocycles. The summed E-state index contributed by atoms with van der Waals surface area (Å²) < 4.78 is 47.7. The third-order valence-electron chi connectivity index (χ3n) is 3.97. The maximum absolute atomic E-state index is 13.9. The minimum atomic E-state index is -4.17. The Kier molecular flexibility index (Phi) is 6.79. The number of halogens is 3. The zero-order chi connectivity index (χ0) is 21.0. The standard InChI is InChI=1S/C20H16BrClFNO4S/c21-14-7-10-17(24-29(26,27)20-4-2-1-3-16(20)23)19(11-14)28-12-18(25)13-5-8-15(22)9-6-13/h1-11,18,24-25H,12H2. The van der Waals surface area contributed by atoms with Gasteiger partial charge in [-0.05, 0) is 48.0 Å². The topological polar surface area (TPSA) is 75.6 Å². The second-order valence-corrected chi connectivity index (χ2v) is 9.06. The predicted molar refractivity (Wildman–Crippen MR) is 113 cm³/mol. The molecule has 9 heteroatoms. The summed E-state index contributed by atoms with van der Waals surface area (Å²) in [6.07, 6.45) is -0.956. The van der Waals surface area contributed by atoms with Crippen molar-refractivity contribution in [3.05, 3.63) is 87.6 Å². The number of sulfonamides is 1. The quantitative estimate of drug-likeness (QED) is 0.470. The van der Waals surface area contributed by atoms with Gasteiger partial charge in [-0.1, -0.05) is 51.8 Å². The SMILES string of the molecule is O=S(=O)(Nc1ccc(Br)cc1OCC(O)c1ccc(Cl)cc1)c1ccccc1F. The van der Waals surface area contributed by atoms with E-state index in [0.29, 0.717) is 15.1 Å². The first-order valence-electron chi connectivity index (χ1n) is 8.39. The number of aliphatic hydroxyl groups is 1. The maximum Gasteiger partial charge on any atom is 0.264 e. The number of aliphatic hydroxyl groups excluding tert-OH is 1. The number of hydrogen-bond donors (Lipinski definition) is 2. The highest BCUT2D eigenvalue weighted by Gasteiger charge is 2.21. The van der Waals surface area contributed by atoms with Crippen LogP contribution >= 0.6 is 27.5 Å². The van der Waals surface area contributed by atoms with Gasteiger partial charge in [-0.2, -0.15) is 0 Å². The zero-order valence-electron chi connectivity index (χ0n) is 14.8. The largest absolute Gasteiger partial charge is 0.488 e. The summed E-state index contributed by atoms with van der Waals surface area (Å²) >= 11 is 9.14. The first-order chi connectivity index (χ1) is 13.8. The molecule has 0 spiro atoms. The van der Waals surface area contributed by atoms with Crippen molar-refractivity contribution in [2.75, 3.05) is 11.3 Å². The number of anilines is 1. The highest BCUT2D eigenvalue weighted by molar-refractivity contribution is 9.10. The summed E-state index contributed by atoms with van der Waals surface area (Å²) in [6, 6.07) is 16.3. The second kappa shape index (κ2) is 9.13. The number of nitrogens with one attached hydrogen (secondary N) is 1. The molecule has 0 aliphatic rings. The molecule has 0 bridgehead atoms. The lowest BCUT2D eigenvalue weighted by molar-refractivity contribution is 0.108.